The van der Waals surface area contributed by atoms with E-state index in [2.05, 4.69) is 47.5 Å². The molecule has 0 spiro atoms. The number of nitrogens with zero attached hydrogens (tertiary/aromatic N) is 1. The third-order valence-electron chi connectivity index (χ3n) is 5.19. The van der Waals surface area contributed by atoms with Crippen LogP contribution in [0.15, 0.2) is 30.6 Å². The summed E-state index contributed by atoms with van der Waals surface area (Å²) in [5.74, 6) is 0. The maximum absolute atomic E-state index is 3.46. The summed E-state index contributed by atoms with van der Waals surface area (Å²) < 4.78 is 2.39. The monoisotopic (exact) mass is 280 g/mol. The van der Waals surface area contributed by atoms with Crippen molar-refractivity contribution < 1.29 is 0 Å². The highest BCUT2D eigenvalue weighted by Crippen LogP contribution is 2.30. The third-order valence-corrected chi connectivity index (χ3v) is 5.19. The highest BCUT2D eigenvalue weighted by molar-refractivity contribution is 5.36. The molecule has 21 heavy (non-hydrogen) atoms. The van der Waals surface area contributed by atoms with Crippen LogP contribution >= 0.6 is 0 Å². The normalized spacial score (nSPS) is 20.3. The molecule has 4 rings (SSSR count). The first-order valence-electron chi connectivity index (χ1n) is 8.30. The maximum atomic E-state index is 3.46. The van der Waals surface area contributed by atoms with Gasteiger partial charge in [-0.05, 0) is 73.4 Å². The Balaban J connectivity index is 1.59. The molecular formula is C19H24N2. The average molecular weight is 280 g/mol. The van der Waals surface area contributed by atoms with Crippen LogP contribution in [0.1, 0.15) is 53.1 Å². The zero-order valence-corrected chi connectivity index (χ0v) is 12.9. The minimum atomic E-state index is 0.551. The Hall–Kier alpha value is -1.54. The number of aryl methyl sites for hydroxylation is 3. The number of rotatable bonds is 3. The number of hydrogen-bond acceptors (Lipinski definition) is 1. The molecule has 0 aliphatic heterocycles. The topological polar surface area (TPSA) is 17.0 Å². The zero-order chi connectivity index (χ0) is 14.2. The van der Waals surface area contributed by atoms with Crippen molar-refractivity contribution in [3.8, 4) is 0 Å². The van der Waals surface area contributed by atoms with Gasteiger partial charge >= 0.3 is 0 Å². The van der Waals surface area contributed by atoms with Crippen LogP contribution in [0.4, 0.5) is 0 Å². The van der Waals surface area contributed by atoms with Crippen LogP contribution in [-0.4, -0.2) is 11.6 Å². The molecule has 1 aromatic heterocycles. The number of aromatic nitrogens is 1. The number of benzene rings is 1. The van der Waals surface area contributed by atoms with Gasteiger partial charge in [0.25, 0.3) is 0 Å². The molecule has 110 valence electrons. The fraction of sp³-hybridized carbons (Fsp3) is 0.474. The van der Waals surface area contributed by atoms with Gasteiger partial charge < -0.3 is 9.88 Å². The van der Waals surface area contributed by atoms with Crippen molar-refractivity contribution in [1.82, 2.24) is 9.88 Å². The first kappa shape index (κ1) is 13.1. The van der Waals surface area contributed by atoms with Crippen molar-refractivity contribution in [3.05, 3.63) is 58.4 Å². The van der Waals surface area contributed by atoms with Crippen LogP contribution < -0.4 is 5.32 Å². The van der Waals surface area contributed by atoms with E-state index in [1.165, 1.54) is 49.7 Å². The second-order valence-electron chi connectivity index (χ2n) is 6.60. The van der Waals surface area contributed by atoms with Gasteiger partial charge in [-0.25, -0.2) is 0 Å². The average Bonchev–Trinajstić information content (AvgIpc) is 3.11. The molecule has 0 amide bonds. The summed E-state index contributed by atoms with van der Waals surface area (Å²) in [6, 6.07) is 7.64. The molecule has 0 fully saturated rings. The number of hydrogen-bond donors (Lipinski definition) is 1. The summed E-state index contributed by atoms with van der Waals surface area (Å²) in [4.78, 5) is 0. The SMILES string of the molecule is CNC1CCCc2cn(Cc3ccc4c(c3)CCC4)cc21. The lowest BCUT2D eigenvalue weighted by Gasteiger charge is -2.21. The molecule has 2 aliphatic carbocycles. The van der Waals surface area contributed by atoms with Crippen molar-refractivity contribution in [2.75, 3.05) is 7.05 Å². The van der Waals surface area contributed by atoms with E-state index in [0.717, 1.165) is 6.54 Å². The van der Waals surface area contributed by atoms with E-state index in [9.17, 15) is 0 Å². The van der Waals surface area contributed by atoms with E-state index in [1.807, 2.05) is 0 Å². The van der Waals surface area contributed by atoms with Gasteiger partial charge in [-0.15, -0.1) is 0 Å². The molecule has 1 atom stereocenters. The highest BCUT2D eigenvalue weighted by atomic mass is 15.0. The van der Waals surface area contributed by atoms with Gasteiger partial charge in [-0.1, -0.05) is 18.2 Å². The van der Waals surface area contributed by atoms with Crippen molar-refractivity contribution in [3.63, 3.8) is 0 Å². The second-order valence-corrected chi connectivity index (χ2v) is 6.60. The molecule has 1 unspecified atom stereocenters. The van der Waals surface area contributed by atoms with Gasteiger partial charge in [0.2, 0.25) is 0 Å². The van der Waals surface area contributed by atoms with Gasteiger partial charge in [0.1, 0.15) is 0 Å². The van der Waals surface area contributed by atoms with Crippen LogP contribution in [0.2, 0.25) is 0 Å². The van der Waals surface area contributed by atoms with E-state index >= 15 is 0 Å². The molecule has 2 nitrogen and oxygen atoms in total. The Morgan fingerprint density at radius 2 is 1.90 bits per heavy atom. The molecular weight excluding hydrogens is 256 g/mol. The van der Waals surface area contributed by atoms with E-state index in [4.69, 9.17) is 0 Å². The summed E-state index contributed by atoms with van der Waals surface area (Å²) in [7, 11) is 2.08. The van der Waals surface area contributed by atoms with Gasteiger partial charge in [0, 0.05) is 25.0 Å². The summed E-state index contributed by atoms with van der Waals surface area (Å²) in [5, 5.41) is 3.46. The molecule has 0 saturated carbocycles. The molecule has 0 radical (unpaired) electrons. The van der Waals surface area contributed by atoms with Crippen LogP contribution in [0, 0.1) is 0 Å². The minimum absolute atomic E-state index is 0.551. The van der Waals surface area contributed by atoms with Crippen LogP contribution in [0.25, 0.3) is 0 Å². The van der Waals surface area contributed by atoms with Gasteiger partial charge in [0.15, 0.2) is 0 Å². The van der Waals surface area contributed by atoms with Crippen LogP contribution in [-0.2, 0) is 25.8 Å². The smallest absolute Gasteiger partial charge is 0.0470 e. The summed E-state index contributed by atoms with van der Waals surface area (Å²) in [5.41, 5.74) is 7.66. The molecule has 2 aliphatic rings. The predicted octanol–water partition coefficient (Wildman–Crippen LogP) is 3.62. The minimum Gasteiger partial charge on any atom is -0.349 e. The zero-order valence-electron chi connectivity index (χ0n) is 12.9. The maximum Gasteiger partial charge on any atom is 0.0470 e. The molecule has 1 N–H and O–H groups in total. The molecule has 1 heterocycles. The van der Waals surface area contributed by atoms with Gasteiger partial charge in [0.05, 0.1) is 0 Å². The second kappa shape index (κ2) is 5.34. The van der Waals surface area contributed by atoms with E-state index in [1.54, 1.807) is 16.7 Å². The van der Waals surface area contributed by atoms with E-state index in [-0.39, 0.29) is 0 Å². The quantitative estimate of drug-likeness (QED) is 0.908. The lowest BCUT2D eigenvalue weighted by atomic mass is 9.91. The Kier molecular flexibility index (Phi) is 3.34. The first-order valence-corrected chi connectivity index (χ1v) is 8.30. The van der Waals surface area contributed by atoms with Crippen LogP contribution in [0.3, 0.4) is 0 Å². The first-order chi connectivity index (χ1) is 10.3. The molecule has 1 aromatic carbocycles. The number of nitrogens with one attached hydrogen (secondary N) is 1. The van der Waals surface area contributed by atoms with Crippen molar-refractivity contribution in [2.45, 2.75) is 51.1 Å². The summed E-state index contributed by atoms with van der Waals surface area (Å²) in [6.45, 7) is 1.01. The lowest BCUT2D eigenvalue weighted by Crippen LogP contribution is -2.20. The Morgan fingerprint density at radius 3 is 2.81 bits per heavy atom. The van der Waals surface area contributed by atoms with Crippen molar-refractivity contribution in [2.24, 2.45) is 0 Å². The van der Waals surface area contributed by atoms with Crippen molar-refractivity contribution in [1.29, 1.82) is 0 Å². The predicted molar refractivity (Wildman–Crippen MR) is 86.7 cm³/mol. The van der Waals surface area contributed by atoms with Crippen molar-refractivity contribution >= 4 is 0 Å². The van der Waals surface area contributed by atoms with Gasteiger partial charge in [-0.2, -0.15) is 0 Å². The standard InChI is InChI=1S/C19H24N2/c1-20-19-7-3-6-17-12-21(13-18(17)19)11-14-8-9-15-4-2-5-16(15)10-14/h8-10,12-13,19-20H,2-7,11H2,1H3. The highest BCUT2D eigenvalue weighted by Gasteiger charge is 2.20. The Morgan fingerprint density at radius 1 is 1.05 bits per heavy atom. The van der Waals surface area contributed by atoms with E-state index < -0.39 is 0 Å². The fourth-order valence-electron chi connectivity index (χ4n) is 4.07. The van der Waals surface area contributed by atoms with E-state index in [0.29, 0.717) is 6.04 Å². The molecule has 0 saturated heterocycles. The van der Waals surface area contributed by atoms with Gasteiger partial charge in [-0.3, -0.25) is 0 Å². The summed E-state index contributed by atoms with van der Waals surface area (Å²) in [6.07, 6.45) is 12.4. The Labute approximate surface area is 127 Å². The summed E-state index contributed by atoms with van der Waals surface area (Å²) >= 11 is 0. The lowest BCUT2D eigenvalue weighted by molar-refractivity contribution is 0.498. The molecule has 2 heteroatoms. The van der Waals surface area contributed by atoms with Crippen LogP contribution in [0.5, 0.6) is 0 Å². The molecule has 0 bridgehead atoms. The largest absolute Gasteiger partial charge is 0.349 e. The Bertz CT molecular complexity index is 654. The number of fused-ring (bicyclic) bond motifs is 2. The molecule has 2 aromatic rings. The fourth-order valence-corrected chi connectivity index (χ4v) is 4.07. The third kappa shape index (κ3) is 2.42.